The maximum absolute atomic E-state index is 10.9. The molecule has 0 amide bonds. The maximum Gasteiger partial charge on any atom is 0.325 e. The van der Waals surface area contributed by atoms with Gasteiger partial charge in [-0.05, 0) is 17.7 Å². The van der Waals surface area contributed by atoms with Crippen LogP contribution in [0.4, 0.5) is 0 Å². The normalized spacial score (nSPS) is 12.9. The lowest BCUT2D eigenvalue weighted by atomic mass is 10.1. The summed E-state index contributed by atoms with van der Waals surface area (Å²) >= 11 is 0. The minimum absolute atomic E-state index is 0.578. The Morgan fingerprint density at radius 1 is 1.28 bits per heavy atom. The summed E-state index contributed by atoms with van der Waals surface area (Å²) in [6.07, 6.45) is 3.49. The smallest absolute Gasteiger partial charge is 0.325 e. The fourth-order valence-corrected chi connectivity index (χ4v) is 2.10. The number of aliphatic carboxylic acids is 1. The van der Waals surface area contributed by atoms with E-state index in [9.17, 15) is 4.79 Å². The summed E-state index contributed by atoms with van der Waals surface area (Å²) < 4.78 is 0. The van der Waals surface area contributed by atoms with E-state index in [-0.39, 0.29) is 0 Å². The average molecular weight is 241 g/mol. The van der Waals surface area contributed by atoms with Crippen LogP contribution in [0.2, 0.25) is 0 Å². The molecule has 0 aliphatic rings. The molecule has 0 fully saturated rings. The number of nitrogens with two attached hydrogens (primary N) is 1. The number of hydrogen-bond donors (Lipinski definition) is 3. The Kier molecular flexibility index (Phi) is 2.28. The van der Waals surface area contributed by atoms with Gasteiger partial charge in [-0.3, -0.25) is 9.78 Å². The Morgan fingerprint density at radius 2 is 2.11 bits per heavy atom. The van der Waals surface area contributed by atoms with Gasteiger partial charge in [-0.15, -0.1) is 0 Å². The summed E-state index contributed by atoms with van der Waals surface area (Å²) in [5.74, 6) is -1.04. The van der Waals surface area contributed by atoms with Crippen molar-refractivity contribution in [2.75, 3.05) is 0 Å². The second-order valence-electron chi connectivity index (χ2n) is 4.17. The van der Waals surface area contributed by atoms with Gasteiger partial charge in [0.15, 0.2) is 0 Å². The number of pyridine rings is 1. The van der Waals surface area contributed by atoms with Gasteiger partial charge in [0.1, 0.15) is 6.04 Å². The fraction of sp³-hybridized carbons (Fsp3) is 0.0769. The highest BCUT2D eigenvalue weighted by Gasteiger charge is 2.15. The lowest BCUT2D eigenvalue weighted by Crippen LogP contribution is -2.20. The number of rotatable bonds is 2. The number of nitrogens with zero attached hydrogens (tertiary/aromatic N) is 1. The van der Waals surface area contributed by atoms with E-state index in [1.807, 2.05) is 12.1 Å². The van der Waals surface area contributed by atoms with E-state index < -0.39 is 12.0 Å². The Balaban J connectivity index is 2.24. The Hall–Kier alpha value is -2.40. The van der Waals surface area contributed by atoms with Crippen LogP contribution in [0.3, 0.4) is 0 Å². The van der Waals surface area contributed by atoms with E-state index in [0.717, 1.165) is 21.8 Å². The third-order valence-corrected chi connectivity index (χ3v) is 3.05. The zero-order chi connectivity index (χ0) is 12.7. The van der Waals surface area contributed by atoms with Crippen LogP contribution in [0, 0.1) is 0 Å². The monoisotopic (exact) mass is 241 g/mol. The molecular weight excluding hydrogens is 230 g/mol. The second kappa shape index (κ2) is 3.82. The zero-order valence-electron chi connectivity index (χ0n) is 9.42. The molecule has 0 aliphatic carbocycles. The number of H-pyrrole nitrogens is 1. The number of aromatic amines is 1. The van der Waals surface area contributed by atoms with E-state index in [0.29, 0.717) is 5.56 Å². The van der Waals surface area contributed by atoms with Crippen LogP contribution in [0.5, 0.6) is 0 Å². The SMILES string of the molecule is NC(C(=O)O)c1ccc2c(c1)[nH]c1ccncc12. The van der Waals surface area contributed by atoms with Crippen molar-refractivity contribution < 1.29 is 9.90 Å². The van der Waals surface area contributed by atoms with Gasteiger partial charge in [0.25, 0.3) is 0 Å². The number of benzene rings is 1. The molecular formula is C13H11N3O2. The molecule has 2 aromatic heterocycles. The van der Waals surface area contributed by atoms with Crippen LogP contribution in [0.25, 0.3) is 21.8 Å². The van der Waals surface area contributed by atoms with E-state index in [1.165, 1.54) is 0 Å². The number of aromatic nitrogens is 2. The molecule has 18 heavy (non-hydrogen) atoms. The third-order valence-electron chi connectivity index (χ3n) is 3.05. The van der Waals surface area contributed by atoms with Crippen molar-refractivity contribution in [2.45, 2.75) is 6.04 Å². The van der Waals surface area contributed by atoms with Gasteiger partial charge in [0.2, 0.25) is 0 Å². The first-order valence-corrected chi connectivity index (χ1v) is 5.50. The molecule has 4 N–H and O–H groups in total. The number of fused-ring (bicyclic) bond motifs is 3. The molecule has 2 heterocycles. The summed E-state index contributed by atoms with van der Waals surface area (Å²) in [5, 5.41) is 10.9. The highest BCUT2D eigenvalue weighted by molar-refractivity contribution is 6.07. The average Bonchev–Trinajstić information content (AvgIpc) is 2.75. The van der Waals surface area contributed by atoms with Gasteiger partial charge in [-0.2, -0.15) is 0 Å². The number of carboxylic acid groups (broad SMARTS) is 1. The molecule has 3 rings (SSSR count). The van der Waals surface area contributed by atoms with Crippen LogP contribution in [0.15, 0.2) is 36.7 Å². The number of carboxylic acids is 1. The molecule has 5 heteroatoms. The van der Waals surface area contributed by atoms with E-state index in [2.05, 4.69) is 9.97 Å². The summed E-state index contributed by atoms with van der Waals surface area (Å²) in [5.41, 5.74) is 8.02. The lowest BCUT2D eigenvalue weighted by Gasteiger charge is -2.06. The second-order valence-corrected chi connectivity index (χ2v) is 4.17. The van der Waals surface area contributed by atoms with Crippen LogP contribution in [-0.4, -0.2) is 21.0 Å². The van der Waals surface area contributed by atoms with Crippen molar-refractivity contribution in [1.29, 1.82) is 0 Å². The van der Waals surface area contributed by atoms with Crippen LogP contribution in [-0.2, 0) is 4.79 Å². The predicted molar refractivity (Wildman–Crippen MR) is 68.2 cm³/mol. The quantitative estimate of drug-likeness (QED) is 0.637. The van der Waals surface area contributed by atoms with Crippen molar-refractivity contribution in [3.8, 4) is 0 Å². The molecule has 0 radical (unpaired) electrons. The molecule has 0 bridgehead atoms. The zero-order valence-corrected chi connectivity index (χ0v) is 9.42. The van der Waals surface area contributed by atoms with Crippen molar-refractivity contribution >= 4 is 27.8 Å². The van der Waals surface area contributed by atoms with Gasteiger partial charge in [-0.1, -0.05) is 12.1 Å². The van der Waals surface area contributed by atoms with E-state index >= 15 is 0 Å². The molecule has 5 nitrogen and oxygen atoms in total. The molecule has 3 aromatic rings. The Morgan fingerprint density at radius 3 is 2.89 bits per heavy atom. The largest absolute Gasteiger partial charge is 0.480 e. The molecule has 90 valence electrons. The van der Waals surface area contributed by atoms with E-state index in [1.54, 1.807) is 24.5 Å². The van der Waals surface area contributed by atoms with Crippen LogP contribution in [0.1, 0.15) is 11.6 Å². The Labute approximate surface area is 102 Å². The first-order chi connectivity index (χ1) is 8.66. The Bertz CT molecular complexity index is 748. The number of carbonyl (C=O) groups is 1. The molecule has 0 spiro atoms. The summed E-state index contributed by atoms with van der Waals surface area (Å²) in [6, 6.07) is 6.26. The number of nitrogens with one attached hydrogen (secondary N) is 1. The first kappa shape index (κ1) is 10.7. The molecule has 1 aromatic carbocycles. The predicted octanol–water partition coefficient (Wildman–Crippen LogP) is 1.80. The molecule has 0 aliphatic heterocycles. The highest BCUT2D eigenvalue weighted by atomic mass is 16.4. The molecule has 0 saturated carbocycles. The lowest BCUT2D eigenvalue weighted by molar-refractivity contribution is -0.138. The highest BCUT2D eigenvalue weighted by Crippen LogP contribution is 2.26. The van der Waals surface area contributed by atoms with Crippen molar-refractivity contribution in [1.82, 2.24) is 9.97 Å². The van der Waals surface area contributed by atoms with Crippen molar-refractivity contribution in [2.24, 2.45) is 5.73 Å². The van der Waals surface area contributed by atoms with Gasteiger partial charge >= 0.3 is 5.97 Å². The van der Waals surface area contributed by atoms with Crippen molar-refractivity contribution in [3.63, 3.8) is 0 Å². The standard InChI is InChI=1S/C13H11N3O2/c14-12(13(17)18)7-1-2-8-9-6-15-4-3-10(9)16-11(8)5-7/h1-6,12,16H,14H2,(H,17,18). The van der Waals surface area contributed by atoms with Gasteiger partial charge in [0.05, 0.1) is 0 Å². The van der Waals surface area contributed by atoms with Crippen molar-refractivity contribution in [3.05, 3.63) is 42.2 Å². The maximum atomic E-state index is 10.9. The van der Waals surface area contributed by atoms with Crippen LogP contribution >= 0.6 is 0 Å². The van der Waals surface area contributed by atoms with Crippen LogP contribution < -0.4 is 5.73 Å². The van der Waals surface area contributed by atoms with E-state index in [4.69, 9.17) is 10.8 Å². The number of hydrogen-bond acceptors (Lipinski definition) is 3. The van der Waals surface area contributed by atoms with Gasteiger partial charge < -0.3 is 15.8 Å². The summed E-state index contributed by atoms with van der Waals surface area (Å²) in [7, 11) is 0. The molecule has 1 atom stereocenters. The molecule has 0 saturated heterocycles. The third kappa shape index (κ3) is 1.53. The molecule has 1 unspecified atom stereocenters. The summed E-state index contributed by atoms with van der Waals surface area (Å²) in [6.45, 7) is 0. The van der Waals surface area contributed by atoms with Gasteiger partial charge in [-0.25, -0.2) is 0 Å². The van der Waals surface area contributed by atoms with Gasteiger partial charge in [0, 0.05) is 34.2 Å². The minimum atomic E-state index is -1.04. The fourth-order valence-electron chi connectivity index (χ4n) is 2.10. The minimum Gasteiger partial charge on any atom is -0.480 e. The topological polar surface area (TPSA) is 92.0 Å². The first-order valence-electron chi connectivity index (χ1n) is 5.50. The summed E-state index contributed by atoms with van der Waals surface area (Å²) in [4.78, 5) is 18.2.